The number of hydrogen-bond acceptors (Lipinski definition) is 5. The Balaban J connectivity index is 1.77. The van der Waals surface area contributed by atoms with E-state index in [2.05, 4.69) is 12.2 Å². The highest BCUT2D eigenvalue weighted by atomic mass is 16.5. The molecule has 1 heterocycles. The highest BCUT2D eigenvalue weighted by Crippen LogP contribution is 2.49. The summed E-state index contributed by atoms with van der Waals surface area (Å²) in [4.78, 5) is 27.8. The molecule has 1 atom stereocenters. The fourth-order valence-corrected chi connectivity index (χ4v) is 3.74. The standard InChI is InChI=1S/C20H28N2O5/c1-13-6-5-9-22(12-13)19(24)20(7-8-20)18(23)21-14-10-15(25-2)17(27-4)16(11-14)26-3/h10-11,13H,5-9,12H2,1-4H3,(H,21,23). The van der Waals surface area contributed by atoms with Gasteiger partial charge in [0, 0.05) is 30.9 Å². The predicted molar refractivity (Wildman–Crippen MR) is 101 cm³/mol. The van der Waals surface area contributed by atoms with Crippen molar-refractivity contribution >= 4 is 17.5 Å². The molecule has 7 heteroatoms. The van der Waals surface area contributed by atoms with E-state index in [-0.39, 0.29) is 11.8 Å². The summed E-state index contributed by atoms with van der Waals surface area (Å²) < 4.78 is 16.0. The summed E-state index contributed by atoms with van der Waals surface area (Å²) in [5.74, 6) is 1.54. The van der Waals surface area contributed by atoms with Crippen molar-refractivity contribution in [1.29, 1.82) is 0 Å². The zero-order valence-corrected chi connectivity index (χ0v) is 16.5. The van der Waals surface area contributed by atoms with E-state index in [0.717, 1.165) is 25.9 Å². The SMILES string of the molecule is COc1cc(NC(=O)C2(C(=O)N3CCCC(C)C3)CC2)cc(OC)c1OC. The maximum absolute atomic E-state index is 13.0. The van der Waals surface area contributed by atoms with Crippen molar-refractivity contribution in [3.63, 3.8) is 0 Å². The van der Waals surface area contributed by atoms with Gasteiger partial charge in [0.2, 0.25) is 17.6 Å². The van der Waals surface area contributed by atoms with Gasteiger partial charge in [-0.05, 0) is 31.6 Å². The van der Waals surface area contributed by atoms with Crippen LogP contribution in [0.1, 0.15) is 32.6 Å². The van der Waals surface area contributed by atoms with Crippen molar-refractivity contribution in [2.75, 3.05) is 39.7 Å². The van der Waals surface area contributed by atoms with E-state index in [0.29, 0.717) is 41.7 Å². The Morgan fingerprint density at radius 2 is 1.74 bits per heavy atom. The maximum atomic E-state index is 13.0. The minimum absolute atomic E-state index is 0.0426. The van der Waals surface area contributed by atoms with Gasteiger partial charge in [-0.3, -0.25) is 9.59 Å². The van der Waals surface area contributed by atoms with Crippen LogP contribution in [-0.4, -0.2) is 51.1 Å². The maximum Gasteiger partial charge on any atom is 0.240 e. The number of piperidine rings is 1. The molecule has 0 bridgehead atoms. The van der Waals surface area contributed by atoms with Crippen LogP contribution in [0.5, 0.6) is 17.2 Å². The first-order valence-electron chi connectivity index (χ1n) is 9.36. The van der Waals surface area contributed by atoms with Crippen LogP contribution in [0.3, 0.4) is 0 Å². The van der Waals surface area contributed by atoms with Crippen molar-refractivity contribution in [2.45, 2.75) is 32.6 Å². The molecule has 7 nitrogen and oxygen atoms in total. The van der Waals surface area contributed by atoms with Crippen LogP contribution < -0.4 is 19.5 Å². The molecular weight excluding hydrogens is 348 g/mol. The van der Waals surface area contributed by atoms with Crippen LogP contribution in [0.15, 0.2) is 12.1 Å². The fourth-order valence-electron chi connectivity index (χ4n) is 3.74. The molecule has 1 saturated carbocycles. The number of carbonyl (C=O) groups is 2. The molecule has 0 aromatic heterocycles. The van der Waals surface area contributed by atoms with E-state index >= 15 is 0 Å². The molecule has 1 aromatic rings. The number of rotatable bonds is 6. The number of methoxy groups -OCH3 is 3. The number of anilines is 1. The van der Waals surface area contributed by atoms with Crippen molar-refractivity contribution in [1.82, 2.24) is 4.90 Å². The molecule has 3 rings (SSSR count). The Bertz CT molecular complexity index is 704. The average Bonchev–Trinajstić information content (AvgIpc) is 3.48. The first-order chi connectivity index (χ1) is 12.9. The largest absolute Gasteiger partial charge is 0.493 e. The van der Waals surface area contributed by atoms with Gasteiger partial charge in [-0.1, -0.05) is 6.92 Å². The molecule has 2 fully saturated rings. The van der Waals surface area contributed by atoms with Gasteiger partial charge in [0.05, 0.1) is 21.3 Å². The molecule has 2 aliphatic rings. The molecule has 1 N–H and O–H groups in total. The molecule has 27 heavy (non-hydrogen) atoms. The third-order valence-corrected chi connectivity index (χ3v) is 5.46. The number of likely N-dealkylation sites (tertiary alicyclic amines) is 1. The Labute approximate surface area is 160 Å². The molecular formula is C20H28N2O5. The van der Waals surface area contributed by atoms with Crippen LogP contribution in [0, 0.1) is 11.3 Å². The van der Waals surface area contributed by atoms with Gasteiger partial charge >= 0.3 is 0 Å². The minimum atomic E-state index is -0.933. The summed E-state index contributed by atoms with van der Waals surface area (Å²) in [6.07, 6.45) is 3.31. The lowest BCUT2D eigenvalue weighted by Gasteiger charge is -2.33. The van der Waals surface area contributed by atoms with Gasteiger partial charge in [0.25, 0.3) is 0 Å². The Hall–Kier alpha value is -2.44. The quantitative estimate of drug-likeness (QED) is 0.773. The van der Waals surface area contributed by atoms with Gasteiger partial charge in [-0.2, -0.15) is 0 Å². The highest BCUT2D eigenvalue weighted by molar-refractivity contribution is 6.13. The van der Waals surface area contributed by atoms with Gasteiger partial charge in [0.15, 0.2) is 11.5 Å². The molecule has 1 aliphatic carbocycles. The summed E-state index contributed by atoms with van der Waals surface area (Å²) in [5, 5.41) is 2.87. The third-order valence-electron chi connectivity index (χ3n) is 5.46. The molecule has 1 unspecified atom stereocenters. The zero-order valence-electron chi connectivity index (χ0n) is 16.5. The number of amides is 2. The zero-order chi connectivity index (χ0) is 19.6. The van der Waals surface area contributed by atoms with Gasteiger partial charge < -0.3 is 24.4 Å². The number of nitrogens with one attached hydrogen (secondary N) is 1. The van der Waals surface area contributed by atoms with Crippen LogP contribution in [0.4, 0.5) is 5.69 Å². The second kappa shape index (κ2) is 7.66. The topological polar surface area (TPSA) is 77.1 Å². The second-order valence-electron chi connectivity index (χ2n) is 7.45. The third kappa shape index (κ3) is 3.68. The fraction of sp³-hybridized carbons (Fsp3) is 0.600. The van der Waals surface area contributed by atoms with E-state index in [1.54, 1.807) is 12.1 Å². The van der Waals surface area contributed by atoms with E-state index in [9.17, 15) is 9.59 Å². The molecule has 2 amide bonds. The molecule has 0 spiro atoms. The van der Waals surface area contributed by atoms with Crippen LogP contribution in [-0.2, 0) is 9.59 Å². The number of carbonyl (C=O) groups excluding carboxylic acids is 2. The van der Waals surface area contributed by atoms with E-state index in [1.807, 2.05) is 4.90 Å². The van der Waals surface area contributed by atoms with Crippen molar-refractivity contribution in [2.24, 2.45) is 11.3 Å². The first-order valence-corrected chi connectivity index (χ1v) is 9.36. The molecule has 1 aliphatic heterocycles. The van der Waals surface area contributed by atoms with Crippen LogP contribution >= 0.6 is 0 Å². The lowest BCUT2D eigenvalue weighted by molar-refractivity contribution is -0.143. The number of nitrogens with zero attached hydrogens (tertiary/aromatic N) is 1. The van der Waals surface area contributed by atoms with Crippen molar-refractivity contribution in [3.05, 3.63) is 12.1 Å². The summed E-state index contributed by atoms with van der Waals surface area (Å²) in [6, 6.07) is 3.34. The second-order valence-corrected chi connectivity index (χ2v) is 7.45. The van der Waals surface area contributed by atoms with Crippen LogP contribution in [0.25, 0.3) is 0 Å². The van der Waals surface area contributed by atoms with E-state index < -0.39 is 5.41 Å². The van der Waals surface area contributed by atoms with Crippen molar-refractivity contribution < 1.29 is 23.8 Å². The summed E-state index contributed by atoms with van der Waals surface area (Å²) in [5.41, 5.74) is -0.419. The first kappa shape index (κ1) is 19.3. The minimum Gasteiger partial charge on any atom is -0.493 e. The summed E-state index contributed by atoms with van der Waals surface area (Å²) >= 11 is 0. The van der Waals surface area contributed by atoms with Gasteiger partial charge in [-0.15, -0.1) is 0 Å². The Morgan fingerprint density at radius 1 is 1.11 bits per heavy atom. The van der Waals surface area contributed by atoms with Crippen LogP contribution in [0.2, 0.25) is 0 Å². The summed E-state index contributed by atoms with van der Waals surface area (Å²) in [6.45, 7) is 3.62. The predicted octanol–water partition coefficient (Wildman–Crippen LogP) is 2.69. The highest BCUT2D eigenvalue weighted by Gasteiger charge is 2.58. The normalized spacial score (nSPS) is 20.6. The van der Waals surface area contributed by atoms with E-state index in [4.69, 9.17) is 14.2 Å². The van der Waals surface area contributed by atoms with Gasteiger partial charge in [0.1, 0.15) is 5.41 Å². The molecule has 148 valence electrons. The van der Waals surface area contributed by atoms with Crippen molar-refractivity contribution in [3.8, 4) is 17.2 Å². The monoisotopic (exact) mass is 376 g/mol. The lowest BCUT2D eigenvalue weighted by Crippen LogP contribution is -2.46. The number of benzene rings is 1. The molecule has 0 radical (unpaired) electrons. The number of hydrogen-bond donors (Lipinski definition) is 1. The number of ether oxygens (including phenoxy) is 3. The molecule has 1 aromatic carbocycles. The van der Waals surface area contributed by atoms with E-state index in [1.165, 1.54) is 21.3 Å². The smallest absolute Gasteiger partial charge is 0.240 e. The van der Waals surface area contributed by atoms with Gasteiger partial charge in [-0.25, -0.2) is 0 Å². The Kier molecular flexibility index (Phi) is 5.48. The average molecular weight is 376 g/mol. The summed E-state index contributed by atoms with van der Waals surface area (Å²) in [7, 11) is 4.56. The Morgan fingerprint density at radius 3 is 2.22 bits per heavy atom. The lowest BCUT2D eigenvalue weighted by atomic mass is 9.96. The molecule has 1 saturated heterocycles.